The molecule has 0 bridgehead atoms. The molecule has 4 N–H and O–H groups in total. The van der Waals surface area contributed by atoms with Gasteiger partial charge >= 0.3 is 11.8 Å². The molecule has 0 radical (unpaired) electrons. The Labute approximate surface area is 152 Å². The van der Waals surface area contributed by atoms with Gasteiger partial charge in [0.1, 0.15) is 0 Å². The molecule has 0 aromatic heterocycles. The van der Waals surface area contributed by atoms with Crippen molar-refractivity contribution in [1.29, 1.82) is 0 Å². The number of sulfonamides is 1. The molecule has 0 aliphatic heterocycles. The number of hydrogen-bond acceptors (Lipinski definition) is 4. The average molecular weight is 375 g/mol. The average Bonchev–Trinajstić information content (AvgIpc) is 2.61. The first-order chi connectivity index (χ1) is 12.2. The van der Waals surface area contributed by atoms with E-state index in [4.69, 9.17) is 5.14 Å². The van der Waals surface area contributed by atoms with Gasteiger partial charge in [0.2, 0.25) is 10.0 Å². The molecule has 2 rings (SSSR count). The molecule has 0 heterocycles. The van der Waals surface area contributed by atoms with Gasteiger partial charge in [0, 0.05) is 5.69 Å². The fourth-order valence-corrected chi connectivity index (χ4v) is 2.82. The monoisotopic (exact) mass is 375 g/mol. The zero-order valence-corrected chi connectivity index (χ0v) is 15.3. The largest absolute Gasteiger partial charge is 0.341 e. The summed E-state index contributed by atoms with van der Waals surface area (Å²) in [5, 5.41) is 10.0. The molecule has 0 spiro atoms. The maximum Gasteiger partial charge on any atom is 0.313 e. The van der Waals surface area contributed by atoms with Crippen LogP contribution in [0.15, 0.2) is 53.4 Å². The van der Waals surface area contributed by atoms with Gasteiger partial charge in [-0.25, -0.2) is 13.6 Å². The summed E-state index contributed by atoms with van der Waals surface area (Å²) in [6.45, 7) is 3.84. The predicted molar refractivity (Wildman–Crippen MR) is 98.8 cm³/mol. The van der Waals surface area contributed by atoms with Crippen molar-refractivity contribution < 1.29 is 18.0 Å². The van der Waals surface area contributed by atoms with Gasteiger partial charge in [-0.15, -0.1) is 0 Å². The van der Waals surface area contributed by atoms with Gasteiger partial charge in [0.15, 0.2) is 0 Å². The van der Waals surface area contributed by atoms with Crippen LogP contribution in [-0.2, 0) is 26.0 Å². The van der Waals surface area contributed by atoms with Crippen LogP contribution in [0.2, 0.25) is 0 Å². The number of hydrogen-bond donors (Lipinski definition) is 3. The number of amides is 2. The second-order valence-corrected chi connectivity index (χ2v) is 7.38. The third kappa shape index (κ3) is 5.14. The van der Waals surface area contributed by atoms with Crippen LogP contribution in [0.1, 0.15) is 31.0 Å². The van der Waals surface area contributed by atoms with Crippen LogP contribution in [0.4, 0.5) is 5.69 Å². The van der Waals surface area contributed by atoms with Crippen LogP contribution in [0.3, 0.4) is 0 Å². The number of aryl methyl sites for hydroxylation is 1. The molecule has 7 nitrogen and oxygen atoms in total. The number of nitrogens with one attached hydrogen (secondary N) is 2. The Hall–Kier alpha value is -2.71. The van der Waals surface area contributed by atoms with Crippen molar-refractivity contribution in [3.8, 4) is 0 Å². The maximum absolute atomic E-state index is 12.0. The Bertz CT molecular complexity index is 891. The zero-order chi connectivity index (χ0) is 19.3. The number of nitrogens with two attached hydrogens (primary N) is 1. The van der Waals surface area contributed by atoms with Crippen LogP contribution in [-0.4, -0.2) is 20.2 Å². The van der Waals surface area contributed by atoms with Gasteiger partial charge in [0.05, 0.1) is 10.9 Å². The fourth-order valence-electron chi connectivity index (χ4n) is 2.30. The Kier molecular flexibility index (Phi) is 6.12. The highest BCUT2D eigenvalue weighted by Crippen LogP contribution is 2.15. The summed E-state index contributed by atoms with van der Waals surface area (Å²) in [7, 11) is -3.81. The Morgan fingerprint density at radius 2 is 1.58 bits per heavy atom. The molecule has 1 unspecified atom stereocenters. The lowest BCUT2D eigenvalue weighted by Gasteiger charge is -2.14. The summed E-state index contributed by atoms with van der Waals surface area (Å²) < 4.78 is 22.4. The van der Waals surface area contributed by atoms with Crippen molar-refractivity contribution in [3.63, 3.8) is 0 Å². The van der Waals surface area contributed by atoms with Crippen LogP contribution in [0, 0.1) is 0 Å². The van der Waals surface area contributed by atoms with E-state index in [-0.39, 0.29) is 16.6 Å². The molecular weight excluding hydrogens is 354 g/mol. The Morgan fingerprint density at radius 1 is 1.00 bits per heavy atom. The highest BCUT2D eigenvalue weighted by Gasteiger charge is 2.17. The van der Waals surface area contributed by atoms with E-state index in [1.54, 1.807) is 6.92 Å². The summed E-state index contributed by atoms with van der Waals surface area (Å²) in [6.07, 6.45) is 0.924. The van der Waals surface area contributed by atoms with E-state index in [1.807, 2.05) is 24.3 Å². The summed E-state index contributed by atoms with van der Waals surface area (Å²) in [5.74, 6) is -1.63. The highest BCUT2D eigenvalue weighted by molar-refractivity contribution is 7.89. The number of anilines is 1. The van der Waals surface area contributed by atoms with Crippen molar-refractivity contribution in [2.75, 3.05) is 5.32 Å². The first-order valence-electron chi connectivity index (χ1n) is 8.04. The van der Waals surface area contributed by atoms with Gasteiger partial charge in [-0.3, -0.25) is 9.59 Å². The van der Waals surface area contributed by atoms with Gasteiger partial charge in [-0.2, -0.15) is 0 Å². The molecular formula is C18H21N3O4S. The van der Waals surface area contributed by atoms with Crippen molar-refractivity contribution in [2.24, 2.45) is 5.14 Å². The third-order valence-corrected chi connectivity index (χ3v) is 4.81. The lowest BCUT2D eigenvalue weighted by molar-refractivity contribution is -0.136. The number of primary sulfonamides is 1. The quantitative estimate of drug-likeness (QED) is 0.689. The third-order valence-electron chi connectivity index (χ3n) is 3.88. The molecule has 1 atom stereocenters. The molecule has 0 fully saturated rings. The molecule has 8 heteroatoms. The highest BCUT2D eigenvalue weighted by atomic mass is 32.2. The summed E-state index contributed by atoms with van der Waals surface area (Å²) in [6, 6.07) is 12.7. The number of carbonyl (C=O) groups excluding carboxylic acids is 2. The fraction of sp³-hybridized carbons (Fsp3) is 0.222. The van der Waals surface area contributed by atoms with Gasteiger partial charge in [-0.05, 0) is 48.7 Å². The molecule has 26 heavy (non-hydrogen) atoms. The van der Waals surface area contributed by atoms with E-state index in [0.717, 1.165) is 12.0 Å². The van der Waals surface area contributed by atoms with Crippen molar-refractivity contribution in [3.05, 3.63) is 59.7 Å². The van der Waals surface area contributed by atoms with E-state index in [9.17, 15) is 18.0 Å². The topological polar surface area (TPSA) is 118 Å². The smallest absolute Gasteiger partial charge is 0.313 e. The van der Waals surface area contributed by atoms with Gasteiger partial charge in [-0.1, -0.05) is 31.2 Å². The molecule has 2 aromatic rings. The zero-order valence-electron chi connectivity index (χ0n) is 14.5. The summed E-state index contributed by atoms with van der Waals surface area (Å²) >= 11 is 0. The van der Waals surface area contributed by atoms with Crippen LogP contribution >= 0.6 is 0 Å². The molecule has 0 aliphatic carbocycles. The van der Waals surface area contributed by atoms with E-state index in [1.165, 1.54) is 29.8 Å². The Balaban J connectivity index is 1.97. The molecule has 2 aromatic carbocycles. The van der Waals surface area contributed by atoms with Gasteiger partial charge < -0.3 is 10.6 Å². The minimum atomic E-state index is -3.81. The van der Waals surface area contributed by atoms with Crippen LogP contribution < -0.4 is 15.8 Å². The molecule has 2 amide bonds. The molecule has 0 aliphatic rings. The maximum atomic E-state index is 12.0. The number of rotatable bonds is 5. The SMILES string of the molecule is CCc1ccc(C(C)NC(=O)C(=O)Nc2ccc(S(N)(=O)=O)cc2)cc1. The number of benzene rings is 2. The number of carbonyl (C=O) groups is 2. The molecule has 0 saturated heterocycles. The van der Waals surface area contributed by atoms with Crippen molar-refractivity contribution in [2.45, 2.75) is 31.2 Å². The Morgan fingerprint density at radius 3 is 2.08 bits per heavy atom. The van der Waals surface area contributed by atoms with Gasteiger partial charge in [0.25, 0.3) is 0 Å². The predicted octanol–water partition coefficient (Wildman–Crippen LogP) is 1.71. The minimum Gasteiger partial charge on any atom is -0.341 e. The lowest BCUT2D eigenvalue weighted by atomic mass is 10.1. The lowest BCUT2D eigenvalue weighted by Crippen LogP contribution is -2.36. The summed E-state index contributed by atoms with van der Waals surface area (Å²) in [4.78, 5) is 24.0. The first kappa shape index (κ1) is 19.6. The van der Waals surface area contributed by atoms with E-state index in [2.05, 4.69) is 17.6 Å². The first-order valence-corrected chi connectivity index (χ1v) is 9.59. The standard InChI is InChI=1S/C18H21N3O4S/c1-3-13-4-6-14(7-5-13)12(2)20-17(22)18(23)21-15-8-10-16(11-9-15)26(19,24)25/h4-12H,3H2,1-2H3,(H,20,22)(H,21,23)(H2,19,24,25). The van der Waals surface area contributed by atoms with E-state index < -0.39 is 21.8 Å². The van der Waals surface area contributed by atoms with Crippen molar-refractivity contribution in [1.82, 2.24) is 5.32 Å². The second kappa shape index (κ2) is 8.11. The van der Waals surface area contributed by atoms with E-state index >= 15 is 0 Å². The normalized spacial score (nSPS) is 12.3. The second-order valence-electron chi connectivity index (χ2n) is 5.81. The van der Waals surface area contributed by atoms with Crippen molar-refractivity contribution >= 4 is 27.5 Å². The minimum absolute atomic E-state index is 0.0795. The summed E-state index contributed by atoms with van der Waals surface area (Å²) in [5.41, 5.74) is 2.37. The van der Waals surface area contributed by atoms with Crippen LogP contribution in [0.5, 0.6) is 0 Å². The van der Waals surface area contributed by atoms with E-state index in [0.29, 0.717) is 0 Å². The van der Waals surface area contributed by atoms with Crippen LogP contribution in [0.25, 0.3) is 0 Å². The molecule has 138 valence electrons. The molecule has 0 saturated carbocycles.